The van der Waals surface area contributed by atoms with Crippen LogP contribution in [0.5, 0.6) is 11.5 Å². The first kappa shape index (κ1) is 48.7. The molecule has 7 rings (SSSR count). The molecular formula is C58H76N4O4. The van der Waals surface area contributed by atoms with Crippen LogP contribution in [0, 0.1) is 0 Å². The molecular weight excluding hydrogens is 817 g/mol. The highest BCUT2D eigenvalue weighted by molar-refractivity contribution is 5.89. The predicted molar refractivity (Wildman–Crippen MR) is 274 cm³/mol. The van der Waals surface area contributed by atoms with E-state index in [1.54, 1.807) is 36.4 Å². The quantitative estimate of drug-likeness (QED) is 0.0300. The van der Waals surface area contributed by atoms with E-state index in [2.05, 4.69) is 48.1 Å². The van der Waals surface area contributed by atoms with E-state index < -0.39 is 12.2 Å². The van der Waals surface area contributed by atoms with Gasteiger partial charge < -0.3 is 30.4 Å². The lowest BCUT2D eigenvalue weighted by Crippen LogP contribution is -2.05. The fourth-order valence-electron chi connectivity index (χ4n) is 10.0. The number of nitrogens with one attached hydrogen (secondary N) is 2. The van der Waals surface area contributed by atoms with E-state index in [0.29, 0.717) is 33.3 Å². The molecule has 8 heteroatoms. The number of rotatable bonds is 26. The van der Waals surface area contributed by atoms with Gasteiger partial charge in [0, 0.05) is 44.3 Å². The number of nitrogens with zero attached hydrogens (tertiary/aromatic N) is 2. The van der Waals surface area contributed by atoms with Crippen molar-refractivity contribution in [2.45, 2.75) is 180 Å². The number of aliphatic hydroxyl groups is 2. The minimum Gasteiger partial charge on any atom is -0.508 e. The van der Waals surface area contributed by atoms with E-state index in [-0.39, 0.29) is 22.9 Å². The van der Waals surface area contributed by atoms with Gasteiger partial charge in [-0.25, -0.2) is 4.98 Å². The molecule has 2 atom stereocenters. The molecule has 0 unspecified atom stereocenters. The highest BCUT2D eigenvalue weighted by Gasteiger charge is 2.34. The molecule has 0 radical (unpaired) electrons. The van der Waals surface area contributed by atoms with E-state index in [4.69, 9.17) is 9.97 Å². The molecule has 2 aromatic carbocycles. The number of unbranched alkanes of at least 4 members (excludes halogenated alkanes) is 20. The van der Waals surface area contributed by atoms with Gasteiger partial charge >= 0.3 is 0 Å². The maximum absolute atomic E-state index is 12.0. The fourth-order valence-corrected chi connectivity index (χ4v) is 10.0. The number of aromatic hydroxyl groups is 2. The molecule has 8 nitrogen and oxygen atoms in total. The molecule has 352 valence electrons. The van der Waals surface area contributed by atoms with Gasteiger partial charge in [0.05, 0.1) is 22.8 Å². The molecule has 0 saturated heterocycles. The van der Waals surface area contributed by atoms with Crippen molar-refractivity contribution in [1.82, 2.24) is 19.9 Å². The summed E-state index contributed by atoms with van der Waals surface area (Å²) >= 11 is 0. The third kappa shape index (κ3) is 12.8. The second-order valence-electron chi connectivity index (χ2n) is 18.9. The number of H-pyrrole nitrogens is 2. The lowest BCUT2D eigenvalue weighted by molar-refractivity contribution is 0.0260. The average Bonchev–Trinajstić information content (AvgIpc) is 4.15. The van der Waals surface area contributed by atoms with E-state index in [1.807, 2.05) is 24.3 Å². The van der Waals surface area contributed by atoms with Gasteiger partial charge in [0.15, 0.2) is 0 Å². The van der Waals surface area contributed by atoms with Crippen LogP contribution in [0.3, 0.4) is 0 Å². The summed E-state index contributed by atoms with van der Waals surface area (Å²) in [6.07, 6.45) is 31.4. The van der Waals surface area contributed by atoms with Crippen molar-refractivity contribution in [3.05, 3.63) is 107 Å². The normalized spacial score (nSPS) is 14.7. The third-order valence-corrected chi connectivity index (χ3v) is 13.8. The Bertz CT molecular complexity index is 2350. The first-order chi connectivity index (χ1) is 32.4. The Morgan fingerprint density at radius 2 is 0.773 bits per heavy atom. The van der Waals surface area contributed by atoms with Crippen molar-refractivity contribution in [2.75, 3.05) is 0 Å². The van der Waals surface area contributed by atoms with Crippen LogP contribution in [0.25, 0.3) is 56.5 Å². The lowest BCUT2D eigenvalue weighted by Gasteiger charge is -2.13. The summed E-state index contributed by atoms with van der Waals surface area (Å²) in [5, 5.41) is 45.5. The second-order valence-corrected chi connectivity index (χ2v) is 18.9. The predicted octanol–water partition coefficient (Wildman–Crippen LogP) is 15.7. The third-order valence-electron chi connectivity index (χ3n) is 13.8. The Morgan fingerprint density at radius 3 is 1.14 bits per heavy atom. The van der Waals surface area contributed by atoms with Crippen molar-refractivity contribution >= 4 is 34.2 Å². The highest BCUT2D eigenvalue weighted by Crippen LogP contribution is 2.44. The first-order valence-electron chi connectivity index (χ1n) is 25.8. The van der Waals surface area contributed by atoms with Gasteiger partial charge in [-0.3, -0.25) is 4.98 Å². The van der Waals surface area contributed by atoms with Crippen LogP contribution in [0.4, 0.5) is 0 Å². The van der Waals surface area contributed by atoms with Gasteiger partial charge in [-0.15, -0.1) is 0 Å². The van der Waals surface area contributed by atoms with Gasteiger partial charge in [0.25, 0.3) is 0 Å². The first-order valence-corrected chi connectivity index (χ1v) is 25.8. The van der Waals surface area contributed by atoms with Gasteiger partial charge in [-0.1, -0.05) is 167 Å². The van der Waals surface area contributed by atoms with Crippen molar-refractivity contribution in [3.8, 4) is 33.8 Å². The monoisotopic (exact) mass is 893 g/mol. The zero-order chi connectivity index (χ0) is 46.1. The summed E-state index contributed by atoms with van der Waals surface area (Å²) in [6, 6.07) is 22.1. The summed E-state index contributed by atoms with van der Waals surface area (Å²) in [4.78, 5) is 18.0. The maximum atomic E-state index is 12.0. The number of benzene rings is 2. The molecule has 8 bridgehead atoms. The molecule has 0 fully saturated rings. The van der Waals surface area contributed by atoms with Crippen molar-refractivity contribution in [1.29, 1.82) is 0 Å². The molecule has 0 amide bonds. The molecule has 0 aliphatic carbocycles. The smallest absolute Gasteiger partial charge is 0.128 e. The number of phenols is 2. The Balaban J connectivity index is 1.31. The Morgan fingerprint density at radius 1 is 0.424 bits per heavy atom. The maximum Gasteiger partial charge on any atom is 0.128 e. The Labute approximate surface area is 393 Å². The van der Waals surface area contributed by atoms with Gasteiger partial charge in [0.2, 0.25) is 0 Å². The molecule has 5 heterocycles. The molecule has 3 aromatic heterocycles. The highest BCUT2D eigenvalue weighted by atomic mass is 16.3. The number of aryl methyl sites for hydroxylation is 2. The van der Waals surface area contributed by atoms with Crippen LogP contribution in [-0.4, -0.2) is 40.4 Å². The number of aliphatic hydroxyl groups excluding tert-OH is 2. The number of aromatic nitrogens is 4. The summed E-state index contributed by atoms with van der Waals surface area (Å²) in [6.45, 7) is 4.55. The summed E-state index contributed by atoms with van der Waals surface area (Å²) in [7, 11) is 0. The van der Waals surface area contributed by atoms with Crippen LogP contribution in [0.2, 0.25) is 0 Å². The average molecular weight is 893 g/mol. The van der Waals surface area contributed by atoms with E-state index in [0.717, 1.165) is 72.1 Å². The number of phenolic OH excluding ortho intramolecular Hbond substituents is 2. The molecule has 2 aliphatic rings. The van der Waals surface area contributed by atoms with Crippen molar-refractivity contribution in [3.63, 3.8) is 0 Å². The SMILES string of the molecule is CCCCCCCCCCCCCc1c2nc(c(CCCCCCCCCCCCC)c3ccc([nH]3)c(-c3cccc(O)c3)c3nc(c(-c4cccc(O)c4)c4ccc1[nH]4)[C@@H](O)[C@H]3O)C=C2. The molecule has 0 saturated carbocycles. The van der Waals surface area contributed by atoms with Crippen molar-refractivity contribution < 1.29 is 20.4 Å². The minimum atomic E-state index is -1.37. The second kappa shape index (κ2) is 25.1. The molecule has 5 aromatic rings. The fraction of sp³-hybridized carbons (Fsp3) is 0.483. The van der Waals surface area contributed by atoms with Crippen LogP contribution in [0.15, 0.2) is 72.8 Å². The summed E-state index contributed by atoms with van der Waals surface area (Å²) in [5.74, 6) is 0.167. The number of hydrogen-bond acceptors (Lipinski definition) is 6. The summed E-state index contributed by atoms with van der Waals surface area (Å²) < 4.78 is 0. The largest absolute Gasteiger partial charge is 0.508 e. The van der Waals surface area contributed by atoms with Crippen LogP contribution < -0.4 is 0 Å². The van der Waals surface area contributed by atoms with E-state index >= 15 is 0 Å². The van der Waals surface area contributed by atoms with Crippen LogP contribution in [0.1, 0.15) is 201 Å². The summed E-state index contributed by atoms with van der Waals surface area (Å²) in [5.41, 5.74) is 10.6. The number of fused-ring (bicyclic) bond motifs is 8. The van der Waals surface area contributed by atoms with Crippen LogP contribution >= 0.6 is 0 Å². The van der Waals surface area contributed by atoms with Crippen LogP contribution in [-0.2, 0) is 12.8 Å². The zero-order valence-electron chi connectivity index (χ0n) is 39.9. The number of hydrogen-bond donors (Lipinski definition) is 6. The Hall–Kier alpha value is -5.18. The number of aromatic amines is 2. The van der Waals surface area contributed by atoms with Crippen molar-refractivity contribution in [2.24, 2.45) is 0 Å². The minimum absolute atomic E-state index is 0.0835. The van der Waals surface area contributed by atoms with E-state index in [1.165, 1.54) is 116 Å². The Kier molecular flexibility index (Phi) is 18.5. The topological polar surface area (TPSA) is 138 Å². The van der Waals surface area contributed by atoms with Gasteiger partial charge in [-0.2, -0.15) is 0 Å². The molecule has 2 aliphatic heterocycles. The molecule has 0 spiro atoms. The molecule has 66 heavy (non-hydrogen) atoms. The standard InChI is InChI=1S/C58H76N4O4/c1-3-5-7-9-11-13-15-17-19-21-23-31-45-47-33-34-48(59-47)46(32-24-22-20-18-16-14-12-10-8-6-4-2)50-36-38-52(61-50)54(42-28-26-30-44(64)40-42)56-58(66)57(65)55(62-56)53(51-37-35-49(45)60-51)41-27-25-29-43(63)39-41/h25-30,33-40,57-58,60-61,63-66H,3-24,31-32H2,1-2H3/t57-,58+. The van der Waals surface area contributed by atoms with Gasteiger partial charge in [0.1, 0.15) is 23.7 Å². The lowest BCUT2D eigenvalue weighted by atomic mass is 9.97. The van der Waals surface area contributed by atoms with Gasteiger partial charge in [-0.05, 0) is 97.5 Å². The molecule has 6 N–H and O–H groups in total. The van der Waals surface area contributed by atoms with E-state index in [9.17, 15) is 20.4 Å². The zero-order valence-corrected chi connectivity index (χ0v) is 39.9.